The van der Waals surface area contributed by atoms with E-state index in [1.165, 1.54) is 12.1 Å². The van der Waals surface area contributed by atoms with Gasteiger partial charge < -0.3 is 5.32 Å². The molecule has 32 heavy (non-hydrogen) atoms. The summed E-state index contributed by atoms with van der Waals surface area (Å²) < 4.78 is 63.9. The lowest BCUT2D eigenvalue weighted by Crippen LogP contribution is -2.31. The van der Waals surface area contributed by atoms with Crippen LogP contribution in [-0.4, -0.2) is 20.6 Å². The van der Waals surface area contributed by atoms with Gasteiger partial charge in [-0.2, -0.15) is 13.2 Å². The number of nitrogens with one attached hydrogen (secondary N) is 2. The molecule has 3 atom stereocenters. The zero-order valence-corrected chi connectivity index (χ0v) is 19.2. The molecular weight excluding hydrogens is 441 g/mol. The number of carbonyl (C=O) groups is 1. The quantitative estimate of drug-likeness (QED) is 0.605. The fourth-order valence-electron chi connectivity index (χ4n) is 4.02. The van der Waals surface area contributed by atoms with Crippen molar-refractivity contribution in [3.05, 3.63) is 64.7 Å². The standard InChI is InChI=1S/C23H27F3N2O3S/c1-5-19(15-6-11-20(14(2)12-15)28-32(4,30)31)27-21(29)18-13-22(18,3)16-7-9-17(10-8-16)23(24,25)26/h6-12,18-19,28H,5,13H2,1-4H3,(H,27,29)/t18?,19-,22-/m1/s1. The van der Waals surface area contributed by atoms with Crippen molar-refractivity contribution in [2.45, 2.75) is 51.2 Å². The Balaban J connectivity index is 1.70. The first-order valence-electron chi connectivity index (χ1n) is 10.3. The van der Waals surface area contributed by atoms with Crippen LogP contribution in [0.2, 0.25) is 0 Å². The lowest BCUT2D eigenvalue weighted by Gasteiger charge is -2.20. The topological polar surface area (TPSA) is 75.3 Å². The molecule has 5 nitrogen and oxygen atoms in total. The maximum absolute atomic E-state index is 12.9. The number of anilines is 1. The average molecular weight is 469 g/mol. The van der Waals surface area contributed by atoms with Crippen molar-refractivity contribution < 1.29 is 26.4 Å². The van der Waals surface area contributed by atoms with Crippen molar-refractivity contribution in [3.63, 3.8) is 0 Å². The normalized spacial score (nSPS) is 21.7. The minimum atomic E-state index is -4.39. The maximum atomic E-state index is 12.9. The van der Waals surface area contributed by atoms with Gasteiger partial charge in [0.1, 0.15) is 0 Å². The predicted octanol–water partition coefficient (Wildman–Crippen LogP) is 4.93. The number of aryl methyl sites for hydroxylation is 1. The van der Waals surface area contributed by atoms with Gasteiger partial charge in [-0.1, -0.05) is 38.1 Å². The van der Waals surface area contributed by atoms with E-state index in [0.29, 0.717) is 24.1 Å². The molecule has 1 aliphatic carbocycles. The molecule has 1 amide bonds. The van der Waals surface area contributed by atoms with Crippen LogP contribution in [0.5, 0.6) is 0 Å². The van der Waals surface area contributed by atoms with Crippen LogP contribution in [0.4, 0.5) is 18.9 Å². The summed E-state index contributed by atoms with van der Waals surface area (Å²) in [5.74, 6) is -0.462. The lowest BCUT2D eigenvalue weighted by molar-refractivity contribution is -0.137. The molecule has 2 aromatic rings. The first-order valence-corrected chi connectivity index (χ1v) is 12.2. The van der Waals surface area contributed by atoms with E-state index < -0.39 is 27.2 Å². The molecule has 1 fully saturated rings. The second-order valence-corrected chi connectivity index (χ2v) is 10.4. The monoisotopic (exact) mass is 468 g/mol. The minimum absolute atomic E-state index is 0.143. The fraction of sp³-hybridized carbons (Fsp3) is 0.435. The second kappa shape index (κ2) is 8.42. The molecule has 1 saturated carbocycles. The van der Waals surface area contributed by atoms with Crippen LogP contribution in [0.15, 0.2) is 42.5 Å². The largest absolute Gasteiger partial charge is 0.416 e. The third-order valence-corrected chi connectivity index (χ3v) is 6.69. The van der Waals surface area contributed by atoms with Gasteiger partial charge in [0.2, 0.25) is 15.9 Å². The van der Waals surface area contributed by atoms with E-state index in [1.54, 1.807) is 19.1 Å². The molecule has 2 N–H and O–H groups in total. The minimum Gasteiger partial charge on any atom is -0.349 e. The molecule has 0 saturated heterocycles. The number of rotatable bonds is 7. The van der Waals surface area contributed by atoms with E-state index in [4.69, 9.17) is 0 Å². The summed E-state index contributed by atoms with van der Waals surface area (Å²) in [7, 11) is -3.39. The summed E-state index contributed by atoms with van der Waals surface area (Å²) in [5, 5.41) is 3.04. The number of benzene rings is 2. The van der Waals surface area contributed by atoms with Crippen molar-refractivity contribution in [3.8, 4) is 0 Å². The summed E-state index contributed by atoms with van der Waals surface area (Å²) in [5.41, 5.74) is 1.59. The van der Waals surface area contributed by atoms with Crippen LogP contribution in [0.3, 0.4) is 0 Å². The Morgan fingerprint density at radius 3 is 2.31 bits per heavy atom. The number of hydrogen-bond donors (Lipinski definition) is 2. The van der Waals surface area contributed by atoms with Gasteiger partial charge in [-0.05, 0) is 54.7 Å². The summed E-state index contributed by atoms with van der Waals surface area (Å²) in [4.78, 5) is 12.9. The van der Waals surface area contributed by atoms with Gasteiger partial charge in [0.05, 0.1) is 23.5 Å². The molecule has 174 valence electrons. The fourth-order valence-corrected chi connectivity index (χ4v) is 4.65. The average Bonchev–Trinajstić information content (AvgIpc) is 3.39. The molecule has 1 unspecified atom stereocenters. The van der Waals surface area contributed by atoms with E-state index >= 15 is 0 Å². The first kappa shape index (κ1) is 24.1. The number of alkyl halides is 3. The lowest BCUT2D eigenvalue weighted by atomic mass is 9.94. The molecule has 0 spiro atoms. The van der Waals surface area contributed by atoms with E-state index in [1.807, 2.05) is 19.9 Å². The van der Waals surface area contributed by atoms with Gasteiger partial charge in [0.25, 0.3) is 0 Å². The van der Waals surface area contributed by atoms with Crippen LogP contribution in [0.1, 0.15) is 55.0 Å². The third kappa shape index (κ3) is 5.26. The molecule has 3 rings (SSSR count). The highest BCUT2D eigenvalue weighted by molar-refractivity contribution is 7.92. The van der Waals surface area contributed by atoms with Crippen molar-refractivity contribution in [1.82, 2.24) is 5.32 Å². The Morgan fingerprint density at radius 2 is 1.81 bits per heavy atom. The molecule has 0 aromatic heterocycles. The number of hydrogen-bond acceptors (Lipinski definition) is 3. The highest BCUT2D eigenvalue weighted by atomic mass is 32.2. The van der Waals surface area contributed by atoms with Gasteiger partial charge in [-0.3, -0.25) is 9.52 Å². The zero-order chi connectivity index (χ0) is 23.9. The van der Waals surface area contributed by atoms with Crippen molar-refractivity contribution in [2.75, 3.05) is 11.0 Å². The number of sulfonamides is 1. The third-order valence-electron chi connectivity index (χ3n) is 6.10. The summed E-state index contributed by atoms with van der Waals surface area (Å²) in [6, 6.07) is 10.0. The Labute approximate surface area is 186 Å². The molecular formula is C23H27F3N2O3S. The van der Waals surface area contributed by atoms with E-state index in [0.717, 1.165) is 29.5 Å². The van der Waals surface area contributed by atoms with Crippen molar-refractivity contribution in [2.24, 2.45) is 5.92 Å². The highest BCUT2D eigenvalue weighted by Gasteiger charge is 2.55. The summed E-state index contributed by atoms with van der Waals surface area (Å²) in [6.45, 7) is 5.61. The second-order valence-electron chi connectivity index (χ2n) is 8.67. The Morgan fingerprint density at radius 1 is 1.19 bits per heavy atom. The smallest absolute Gasteiger partial charge is 0.349 e. The van der Waals surface area contributed by atoms with Crippen LogP contribution >= 0.6 is 0 Å². The van der Waals surface area contributed by atoms with Crippen LogP contribution in [0.25, 0.3) is 0 Å². The number of halogens is 3. The van der Waals surface area contributed by atoms with Gasteiger partial charge in [0.15, 0.2) is 0 Å². The van der Waals surface area contributed by atoms with E-state index in [-0.39, 0.29) is 17.9 Å². The van der Waals surface area contributed by atoms with E-state index in [9.17, 15) is 26.4 Å². The van der Waals surface area contributed by atoms with Crippen LogP contribution in [0, 0.1) is 12.8 Å². The van der Waals surface area contributed by atoms with Gasteiger partial charge in [-0.15, -0.1) is 0 Å². The van der Waals surface area contributed by atoms with E-state index in [2.05, 4.69) is 10.0 Å². The zero-order valence-electron chi connectivity index (χ0n) is 18.4. The molecule has 0 radical (unpaired) electrons. The molecule has 0 heterocycles. The SMILES string of the molecule is CC[C@@H](NC(=O)C1C[C@]1(C)c1ccc(C(F)(F)F)cc1)c1ccc(NS(C)(=O)=O)c(C)c1. The molecule has 0 bridgehead atoms. The number of carbonyl (C=O) groups excluding carboxylic acids is 1. The van der Waals surface area contributed by atoms with Crippen LogP contribution in [-0.2, 0) is 26.4 Å². The number of amides is 1. The summed E-state index contributed by atoms with van der Waals surface area (Å²) in [6.07, 6.45) is -2.11. The van der Waals surface area contributed by atoms with Gasteiger partial charge in [0, 0.05) is 11.3 Å². The van der Waals surface area contributed by atoms with Crippen molar-refractivity contribution >= 4 is 21.6 Å². The van der Waals surface area contributed by atoms with Crippen LogP contribution < -0.4 is 10.0 Å². The Bertz CT molecular complexity index is 1110. The first-order chi connectivity index (χ1) is 14.7. The molecule has 2 aromatic carbocycles. The Kier molecular flexibility index (Phi) is 6.34. The molecule has 0 aliphatic heterocycles. The molecule has 9 heteroatoms. The summed E-state index contributed by atoms with van der Waals surface area (Å²) >= 11 is 0. The Hall–Kier alpha value is -2.55. The van der Waals surface area contributed by atoms with Gasteiger partial charge >= 0.3 is 6.18 Å². The van der Waals surface area contributed by atoms with Gasteiger partial charge in [-0.25, -0.2) is 8.42 Å². The molecule has 1 aliphatic rings. The van der Waals surface area contributed by atoms with Crippen molar-refractivity contribution in [1.29, 1.82) is 0 Å². The maximum Gasteiger partial charge on any atom is 0.416 e. The predicted molar refractivity (Wildman–Crippen MR) is 118 cm³/mol. The highest BCUT2D eigenvalue weighted by Crippen LogP contribution is 2.54.